The van der Waals surface area contributed by atoms with E-state index in [9.17, 15) is 4.79 Å². The molecule has 0 aliphatic heterocycles. The molecular formula is C8H13N3O3. The maximum Gasteiger partial charge on any atom is 0.304 e. The van der Waals surface area contributed by atoms with Crippen molar-refractivity contribution in [2.75, 3.05) is 13.1 Å². The Bertz CT molecular complexity index is 298. The number of aliphatic carboxylic acids is 1. The first kappa shape index (κ1) is 10.6. The molecule has 0 atom stereocenters. The average molecular weight is 199 g/mol. The first-order chi connectivity index (χ1) is 6.68. The first-order valence-corrected chi connectivity index (χ1v) is 4.40. The Morgan fingerprint density at radius 2 is 2.36 bits per heavy atom. The number of hydrogen-bond donors (Lipinski definition) is 2. The summed E-state index contributed by atoms with van der Waals surface area (Å²) in [6.45, 7) is 2.86. The second-order valence-electron chi connectivity index (χ2n) is 2.88. The van der Waals surface area contributed by atoms with Crippen molar-refractivity contribution in [1.82, 2.24) is 15.5 Å². The molecule has 0 amide bonds. The molecule has 1 rings (SSSR count). The lowest BCUT2D eigenvalue weighted by atomic mass is 10.4. The molecule has 0 bridgehead atoms. The van der Waals surface area contributed by atoms with E-state index in [-0.39, 0.29) is 6.42 Å². The third-order valence-electron chi connectivity index (χ3n) is 1.60. The van der Waals surface area contributed by atoms with Crippen LogP contribution < -0.4 is 5.32 Å². The lowest BCUT2D eigenvalue weighted by molar-refractivity contribution is -0.136. The summed E-state index contributed by atoms with van der Waals surface area (Å²) in [5.74, 6) is 0.391. The molecule has 0 aromatic carbocycles. The summed E-state index contributed by atoms with van der Waals surface area (Å²) in [7, 11) is 0. The van der Waals surface area contributed by atoms with Crippen LogP contribution in [0.1, 0.15) is 18.1 Å². The quantitative estimate of drug-likeness (QED) is 0.626. The lowest BCUT2D eigenvalue weighted by Gasteiger charge is -1.98. The molecule has 6 heteroatoms. The third-order valence-corrected chi connectivity index (χ3v) is 1.60. The van der Waals surface area contributed by atoms with Gasteiger partial charge in [0.15, 0.2) is 5.82 Å². The largest absolute Gasteiger partial charge is 0.481 e. The summed E-state index contributed by atoms with van der Waals surface area (Å²) in [5, 5.41) is 15.0. The number of hydrogen-bond acceptors (Lipinski definition) is 5. The maximum absolute atomic E-state index is 10.2. The molecule has 0 unspecified atom stereocenters. The fraction of sp³-hybridized carbons (Fsp3) is 0.625. The SMILES string of the molecule is Cc1noc(CCNCCC(=O)O)n1. The Kier molecular flexibility index (Phi) is 4.06. The topological polar surface area (TPSA) is 88.2 Å². The zero-order valence-electron chi connectivity index (χ0n) is 7.99. The molecule has 0 saturated carbocycles. The van der Waals surface area contributed by atoms with E-state index in [1.54, 1.807) is 6.92 Å². The van der Waals surface area contributed by atoms with Gasteiger partial charge in [0.1, 0.15) is 0 Å². The van der Waals surface area contributed by atoms with Gasteiger partial charge in [-0.25, -0.2) is 0 Å². The number of nitrogens with one attached hydrogen (secondary N) is 1. The van der Waals surface area contributed by atoms with E-state index in [4.69, 9.17) is 9.63 Å². The van der Waals surface area contributed by atoms with E-state index in [1.807, 2.05) is 0 Å². The van der Waals surface area contributed by atoms with Gasteiger partial charge in [0.2, 0.25) is 5.89 Å². The van der Waals surface area contributed by atoms with Crippen LogP contribution in [-0.2, 0) is 11.2 Å². The second-order valence-corrected chi connectivity index (χ2v) is 2.88. The van der Waals surface area contributed by atoms with Gasteiger partial charge in [0.05, 0.1) is 6.42 Å². The molecule has 1 aromatic rings. The standard InChI is InChI=1S/C8H13N3O3/c1-6-10-7(14-11-6)2-4-9-5-3-8(12)13/h9H,2-5H2,1H3,(H,12,13). The van der Waals surface area contributed by atoms with Crippen LogP contribution in [0, 0.1) is 6.92 Å². The summed E-state index contributed by atoms with van der Waals surface area (Å²) >= 11 is 0. The number of aryl methyl sites for hydroxylation is 1. The smallest absolute Gasteiger partial charge is 0.304 e. The molecule has 78 valence electrons. The Hall–Kier alpha value is -1.43. The first-order valence-electron chi connectivity index (χ1n) is 4.40. The minimum atomic E-state index is -0.800. The zero-order chi connectivity index (χ0) is 10.4. The third kappa shape index (κ3) is 3.99. The van der Waals surface area contributed by atoms with Crippen LogP contribution in [0.2, 0.25) is 0 Å². The van der Waals surface area contributed by atoms with Crippen LogP contribution >= 0.6 is 0 Å². The van der Waals surface area contributed by atoms with Crippen LogP contribution in [0.4, 0.5) is 0 Å². The highest BCUT2D eigenvalue weighted by molar-refractivity contribution is 5.66. The maximum atomic E-state index is 10.2. The Balaban J connectivity index is 2.07. The average Bonchev–Trinajstić information content (AvgIpc) is 2.50. The fourth-order valence-corrected chi connectivity index (χ4v) is 0.957. The van der Waals surface area contributed by atoms with Gasteiger partial charge in [-0.3, -0.25) is 4.79 Å². The van der Waals surface area contributed by atoms with Crippen LogP contribution in [0.5, 0.6) is 0 Å². The van der Waals surface area contributed by atoms with Gasteiger partial charge in [-0.2, -0.15) is 4.98 Å². The van der Waals surface area contributed by atoms with Crippen molar-refractivity contribution in [3.63, 3.8) is 0 Å². The molecule has 0 aliphatic rings. The van der Waals surface area contributed by atoms with Crippen molar-refractivity contribution in [1.29, 1.82) is 0 Å². The van der Waals surface area contributed by atoms with Gasteiger partial charge in [0.25, 0.3) is 0 Å². The molecule has 0 fully saturated rings. The molecule has 0 radical (unpaired) electrons. The fourth-order valence-electron chi connectivity index (χ4n) is 0.957. The van der Waals surface area contributed by atoms with E-state index in [2.05, 4.69) is 15.5 Å². The van der Waals surface area contributed by atoms with Gasteiger partial charge < -0.3 is 14.9 Å². The van der Waals surface area contributed by atoms with Crippen LogP contribution in [0.15, 0.2) is 4.52 Å². The molecule has 14 heavy (non-hydrogen) atoms. The van der Waals surface area contributed by atoms with Gasteiger partial charge in [-0.1, -0.05) is 5.16 Å². The van der Waals surface area contributed by atoms with Crippen molar-refractivity contribution < 1.29 is 14.4 Å². The molecule has 6 nitrogen and oxygen atoms in total. The summed E-state index contributed by atoms with van der Waals surface area (Å²) in [6.07, 6.45) is 0.753. The molecule has 0 spiro atoms. The van der Waals surface area contributed by atoms with Gasteiger partial charge in [0, 0.05) is 19.5 Å². The zero-order valence-corrected chi connectivity index (χ0v) is 7.99. The molecule has 1 heterocycles. The minimum Gasteiger partial charge on any atom is -0.481 e. The normalized spacial score (nSPS) is 10.4. The highest BCUT2D eigenvalue weighted by Crippen LogP contribution is 1.95. The van der Waals surface area contributed by atoms with E-state index in [0.29, 0.717) is 31.2 Å². The van der Waals surface area contributed by atoms with Gasteiger partial charge >= 0.3 is 5.97 Å². The van der Waals surface area contributed by atoms with Crippen LogP contribution in [0.25, 0.3) is 0 Å². The highest BCUT2D eigenvalue weighted by Gasteiger charge is 2.01. The Labute approximate surface area is 81.3 Å². The molecule has 0 saturated heterocycles. The van der Waals surface area contributed by atoms with Gasteiger partial charge in [-0.15, -0.1) is 0 Å². The van der Waals surface area contributed by atoms with Crippen molar-refractivity contribution in [3.8, 4) is 0 Å². The molecule has 2 N–H and O–H groups in total. The number of carboxylic acid groups (broad SMARTS) is 1. The summed E-state index contributed by atoms with van der Waals surface area (Å²) in [4.78, 5) is 14.2. The van der Waals surface area contributed by atoms with Crippen LogP contribution in [0.3, 0.4) is 0 Å². The lowest BCUT2D eigenvalue weighted by Crippen LogP contribution is -2.20. The van der Waals surface area contributed by atoms with Gasteiger partial charge in [-0.05, 0) is 6.92 Å². The highest BCUT2D eigenvalue weighted by atomic mass is 16.5. The van der Waals surface area contributed by atoms with E-state index >= 15 is 0 Å². The number of carbonyl (C=O) groups is 1. The number of carboxylic acids is 1. The van der Waals surface area contributed by atoms with Crippen molar-refractivity contribution >= 4 is 5.97 Å². The summed E-state index contributed by atoms with van der Waals surface area (Å²) < 4.78 is 4.87. The summed E-state index contributed by atoms with van der Waals surface area (Å²) in [6, 6.07) is 0. The Morgan fingerprint density at radius 3 is 2.93 bits per heavy atom. The van der Waals surface area contributed by atoms with Crippen LogP contribution in [-0.4, -0.2) is 34.3 Å². The summed E-state index contributed by atoms with van der Waals surface area (Å²) in [5.41, 5.74) is 0. The van der Waals surface area contributed by atoms with E-state index < -0.39 is 5.97 Å². The van der Waals surface area contributed by atoms with E-state index in [0.717, 1.165) is 0 Å². The van der Waals surface area contributed by atoms with Crippen molar-refractivity contribution in [2.45, 2.75) is 19.8 Å². The predicted molar refractivity (Wildman–Crippen MR) is 47.9 cm³/mol. The van der Waals surface area contributed by atoms with E-state index in [1.165, 1.54) is 0 Å². The van der Waals surface area contributed by atoms with Crippen molar-refractivity contribution in [3.05, 3.63) is 11.7 Å². The molecule has 0 aliphatic carbocycles. The molecular weight excluding hydrogens is 186 g/mol. The Morgan fingerprint density at radius 1 is 1.57 bits per heavy atom. The predicted octanol–water partition coefficient (Wildman–Crippen LogP) is -0.0152. The van der Waals surface area contributed by atoms with Crippen molar-refractivity contribution in [2.24, 2.45) is 0 Å². The monoisotopic (exact) mass is 199 g/mol. The molecule has 1 aromatic heterocycles. The number of aromatic nitrogens is 2. The number of rotatable bonds is 6. The second kappa shape index (κ2) is 5.33. The minimum absolute atomic E-state index is 0.128. The number of nitrogens with zero attached hydrogens (tertiary/aromatic N) is 2.